The third kappa shape index (κ3) is 8.21. The molecule has 0 saturated heterocycles. The maximum Gasteiger partial charge on any atom is 0.0234 e. The zero-order valence-electron chi connectivity index (χ0n) is 19.2. The molecule has 0 fully saturated rings. The van der Waals surface area contributed by atoms with E-state index in [9.17, 15) is 0 Å². The van der Waals surface area contributed by atoms with E-state index < -0.39 is 0 Å². The highest BCUT2D eigenvalue weighted by Crippen LogP contribution is 2.23. The summed E-state index contributed by atoms with van der Waals surface area (Å²) in [5.41, 5.74) is 6.85. The van der Waals surface area contributed by atoms with E-state index in [0.29, 0.717) is 0 Å². The lowest BCUT2D eigenvalue weighted by atomic mass is 9.98. The van der Waals surface area contributed by atoms with Crippen molar-refractivity contribution in [3.8, 4) is 23.0 Å². The standard InChI is InChI=1S/C29H33NS/c1-29(2,3)17-6-5-7-18-30(4)22-26-12-8-10-24(20-26)14-15-25-11-9-13-27(21-25)28-16-19-31-23-28/h5,7-13,16,19-21,23H,14-15,18,22H2,1-4H3/b7-5+. The van der Waals surface area contributed by atoms with Gasteiger partial charge in [0.15, 0.2) is 0 Å². The Morgan fingerprint density at radius 2 is 1.61 bits per heavy atom. The Labute approximate surface area is 192 Å². The van der Waals surface area contributed by atoms with E-state index in [2.05, 4.69) is 116 Å². The maximum absolute atomic E-state index is 3.24. The van der Waals surface area contributed by atoms with Crippen LogP contribution < -0.4 is 0 Å². The van der Waals surface area contributed by atoms with Crippen molar-refractivity contribution in [3.05, 3.63) is 94.2 Å². The zero-order valence-corrected chi connectivity index (χ0v) is 20.0. The van der Waals surface area contributed by atoms with Crippen molar-refractivity contribution in [2.75, 3.05) is 13.6 Å². The minimum atomic E-state index is 0.0574. The van der Waals surface area contributed by atoms with Gasteiger partial charge in [-0.3, -0.25) is 4.90 Å². The summed E-state index contributed by atoms with van der Waals surface area (Å²) in [5.74, 6) is 6.38. The Kier molecular flexibility index (Phi) is 8.29. The zero-order chi connectivity index (χ0) is 22.1. The predicted molar refractivity (Wildman–Crippen MR) is 136 cm³/mol. The highest BCUT2D eigenvalue weighted by atomic mass is 32.1. The molecule has 0 amide bonds. The molecule has 31 heavy (non-hydrogen) atoms. The fourth-order valence-electron chi connectivity index (χ4n) is 3.43. The second-order valence-electron chi connectivity index (χ2n) is 9.15. The summed E-state index contributed by atoms with van der Waals surface area (Å²) in [6, 6.07) is 20.1. The average Bonchev–Trinajstić information content (AvgIpc) is 3.27. The molecule has 0 aliphatic rings. The molecule has 0 atom stereocenters. The molecule has 1 aromatic heterocycles. The third-order valence-corrected chi connectivity index (χ3v) is 5.68. The second kappa shape index (κ2) is 11.1. The van der Waals surface area contributed by atoms with Gasteiger partial charge in [-0.25, -0.2) is 0 Å². The summed E-state index contributed by atoms with van der Waals surface area (Å²) in [5, 5.41) is 4.35. The molecule has 0 spiro atoms. The van der Waals surface area contributed by atoms with Gasteiger partial charge in [-0.05, 0) is 91.4 Å². The van der Waals surface area contributed by atoms with Crippen LogP contribution in [0, 0.1) is 17.3 Å². The van der Waals surface area contributed by atoms with Crippen molar-refractivity contribution in [2.45, 2.75) is 40.2 Å². The lowest BCUT2D eigenvalue weighted by Crippen LogP contribution is -2.17. The number of hydrogen-bond donors (Lipinski definition) is 0. The van der Waals surface area contributed by atoms with E-state index in [4.69, 9.17) is 0 Å². The fourth-order valence-corrected chi connectivity index (χ4v) is 4.10. The molecule has 2 aromatic carbocycles. The molecular formula is C29H33NS. The second-order valence-corrected chi connectivity index (χ2v) is 9.93. The fraction of sp³-hybridized carbons (Fsp3) is 0.310. The Balaban J connectivity index is 1.53. The minimum absolute atomic E-state index is 0.0574. The van der Waals surface area contributed by atoms with Crippen LogP contribution in [0.3, 0.4) is 0 Å². The molecule has 1 heterocycles. The molecule has 160 valence electrons. The normalized spacial score (nSPS) is 11.6. The summed E-state index contributed by atoms with van der Waals surface area (Å²) < 4.78 is 0. The van der Waals surface area contributed by atoms with Gasteiger partial charge in [0.25, 0.3) is 0 Å². The van der Waals surface area contributed by atoms with Gasteiger partial charge >= 0.3 is 0 Å². The quantitative estimate of drug-likeness (QED) is 0.343. The first-order chi connectivity index (χ1) is 14.9. The van der Waals surface area contributed by atoms with Crippen LogP contribution in [0.25, 0.3) is 11.1 Å². The van der Waals surface area contributed by atoms with Crippen LogP contribution in [-0.2, 0) is 19.4 Å². The molecule has 0 unspecified atom stereocenters. The van der Waals surface area contributed by atoms with Crippen molar-refractivity contribution >= 4 is 11.3 Å². The Morgan fingerprint density at radius 3 is 2.32 bits per heavy atom. The van der Waals surface area contributed by atoms with Gasteiger partial charge in [-0.2, -0.15) is 11.3 Å². The number of rotatable bonds is 8. The summed E-state index contributed by atoms with van der Waals surface area (Å²) in [4.78, 5) is 2.32. The Morgan fingerprint density at radius 1 is 0.903 bits per heavy atom. The number of aryl methyl sites for hydroxylation is 2. The van der Waals surface area contributed by atoms with Crippen LogP contribution in [0.15, 0.2) is 77.5 Å². The van der Waals surface area contributed by atoms with Gasteiger partial charge in [0.05, 0.1) is 0 Å². The largest absolute Gasteiger partial charge is 0.298 e. The number of likely N-dealkylation sites (N-methyl/N-ethyl adjacent to an activating group) is 1. The van der Waals surface area contributed by atoms with E-state index in [0.717, 1.165) is 25.9 Å². The Bertz CT molecular complexity index is 1040. The molecule has 2 heteroatoms. The lowest BCUT2D eigenvalue weighted by molar-refractivity contribution is 0.363. The van der Waals surface area contributed by atoms with E-state index in [1.54, 1.807) is 11.3 Å². The van der Waals surface area contributed by atoms with Crippen molar-refractivity contribution < 1.29 is 0 Å². The van der Waals surface area contributed by atoms with Crippen LogP contribution in [-0.4, -0.2) is 18.5 Å². The van der Waals surface area contributed by atoms with Gasteiger partial charge < -0.3 is 0 Å². The summed E-state index contributed by atoms with van der Waals surface area (Å²) in [6.07, 6.45) is 6.24. The van der Waals surface area contributed by atoms with Gasteiger partial charge in [0.1, 0.15) is 0 Å². The molecule has 3 rings (SSSR count). The van der Waals surface area contributed by atoms with Crippen molar-refractivity contribution in [3.63, 3.8) is 0 Å². The van der Waals surface area contributed by atoms with Crippen LogP contribution in [0.2, 0.25) is 0 Å². The van der Waals surface area contributed by atoms with Crippen LogP contribution in [0.4, 0.5) is 0 Å². The van der Waals surface area contributed by atoms with Gasteiger partial charge in [0.2, 0.25) is 0 Å². The summed E-state index contributed by atoms with van der Waals surface area (Å²) >= 11 is 1.75. The van der Waals surface area contributed by atoms with Crippen molar-refractivity contribution in [1.82, 2.24) is 4.90 Å². The first-order valence-corrected chi connectivity index (χ1v) is 11.9. The van der Waals surface area contributed by atoms with Gasteiger partial charge in [0, 0.05) is 18.5 Å². The van der Waals surface area contributed by atoms with Crippen LogP contribution in [0.5, 0.6) is 0 Å². The van der Waals surface area contributed by atoms with E-state index >= 15 is 0 Å². The predicted octanol–water partition coefficient (Wildman–Crippen LogP) is 7.24. The molecule has 0 radical (unpaired) electrons. The minimum Gasteiger partial charge on any atom is -0.298 e. The van der Waals surface area contributed by atoms with E-state index in [1.807, 2.05) is 6.08 Å². The molecule has 1 nitrogen and oxygen atoms in total. The number of benzene rings is 2. The van der Waals surface area contributed by atoms with Crippen LogP contribution >= 0.6 is 11.3 Å². The average molecular weight is 428 g/mol. The van der Waals surface area contributed by atoms with Crippen LogP contribution in [0.1, 0.15) is 37.5 Å². The topological polar surface area (TPSA) is 3.24 Å². The highest BCUT2D eigenvalue weighted by molar-refractivity contribution is 7.08. The number of hydrogen-bond acceptors (Lipinski definition) is 2. The third-order valence-electron chi connectivity index (χ3n) is 4.99. The molecule has 0 aliphatic heterocycles. The molecule has 0 aliphatic carbocycles. The van der Waals surface area contributed by atoms with Gasteiger partial charge in [-0.1, -0.05) is 66.4 Å². The van der Waals surface area contributed by atoms with E-state index in [1.165, 1.54) is 27.8 Å². The molecule has 3 aromatic rings. The molecule has 0 bridgehead atoms. The van der Waals surface area contributed by atoms with E-state index in [-0.39, 0.29) is 5.41 Å². The first-order valence-electron chi connectivity index (χ1n) is 10.9. The highest BCUT2D eigenvalue weighted by Gasteiger charge is 2.04. The molecule has 0 N–H and O–H groups in total. The monoisotopic (exact) mass is 427 g/mol. The number of thiophene rings is 1. The van der Waals surface area contributed by atoms with Crippen molar-refractivity contribution in [2.24, 2.45) is 5.41 Å². The maximum atomic E-state index is 3.24. The SMILES string of the molecule is CN(C/C=C/C#CC(C)(C)C)Cc1cccc(CCc2cccc(-c3ccsc3)c2)c1. The Hall–Kier alpha value is -2.60. The molecule has 0 saturated carbocycles. The van der Waals surface area contributed by atoms with Crippen molar-refractivity contribution in [1.29, 1.82) is 0 Å². The smallest absolute Gasteiger partial charge is 0.0234 e. The summed E-state index contributed by atoms with van der Waals surface area (Å²) in [6.45, 7) is 8.24. The number of allylic oxidation sites excluding steroid dienone is 1. The molecular weight excluding hydrogens is 394 g/mol. The summed E-state index contributed by atoms with van der Waals surface area (Å²) in [7, 11) is 2.16. The lowest BCUT2D eigenvalue weighted by Gasteiger charge is -2.15. The number of nitrogens with zero attached hydrogens (tertiary/aromatic N) is 1. The first kappa shape index (κ1) is 23.1. The van der Waals surface area contributed by atoms with Gasteiger partial charge in [-0.15, -0.1) is 0 Å².